The maximum atomic E-state index is 14.9. The molecule has 6 heteroatoms. The third-order valence-corrected chi connectivity index (χ3v) is 16.5. The normalized spacial score (nSPS) is 40.6. The SMILES string of the molecule is CCCC[C@@H]1C=C2CC(OC)(O[Si](C)(C)C(C)(C)C)CC[C@]2(C)[C@H]2CC[C@]3(C)/C(=C(\F)C(=O)O)CC[C@H]3[C@H]12. The average Bonchev–Trinajstić information content (AvgIpc) is 3.18. The summed E-state index contributed by atoms with van der Waals surface area (Å²) in [6.07, 6.45) is 12.3. The highest BCUT2D eigenvalue weighted by molar-refractivity contribution is 6.74. The van der Waals surface area contributed by atoms with Gasteiger partial charge in [-0.3, -0.25) is 0 Å². The van der Waals surface area contributed by atoms with Crippen LogP contribution in [0.2, 0.25) is 18.1 Å². The first-order chi connectivity index (χ1) is 17.6. The van der Waals surface area contributed by atoms with Crippen LogP contribution < -0.4 is 0 Å². The predicted octanol–water partition coefficient (Wildman–Crippen LogP) is 9.04. The second kappa shape index (κ2) is 10.1. The van der Waals surface area contributed by atoms with E-state index in [4.69, 9.17) is 9.16 Å². The Kier molecular flexibility index (Phi) is 8.00. The quantitative estimate of drug-likeness (QED) is 0.149. The van der Waals surface area contributed by atoms with E-state index < -0.39 is 25.9 Å². The Morgan fingerprint density at radius 1 is 1.13 bits per heavy atom. The summed E-state index contributed by atoms with van der Waals surface area (Å²) in [7, 11) is -0.210. The molecule has 0 aromatic carbocycles. The fourth-order valence-electron chi connectivity index (χ4n) is 8.71. The van der Waals surface area contributed by atoms with Crippen molar-refractivity contribution in [1.29, 1.82) is 0 Å². The molecule has 4 aliphatic carbocycles. The van der Waals surface area contributed by atoms with Crippen LogP contribution in [0.25, 0.3) is 0 Å². The zero-order valence-electron chi connectivity index (χ0n) is 25.5. The molecule has 216 valence electrons. The molecule has 0 spiro atoms. The molecular weight excluding hydrogens is 495 g/mol. The number of rotatable bonds is 7. The molecule has 0 saturated heterocycles. The number of carboxylic acid groups (broad SMARTS) is 1. The summed E-state index contributed by atoms with van der Waals surface area (Å²) in [6, 6.07) is 0. The largest absolute Gasteiger partial charge is 0.476 e. The molecule has 0 radical (unpaired) electrons. The maximum Gasteiger partial charge on any atom is 0.364 e. The molecule has 4 aliphatic rings. The van der Waals surface area contributed by atoms with Gasteiger partial charge in [0, 0.05) is 20.0 Å². The van der Waals surface area contributed by atoms with Gasteiger partial charge in [0.05, 0.1) is 0 Å². The molecule has 0 amide bonds. The van der Waals surface area contributed by atoms with Crippen molar-refractivity contribution in [2.75, 3.05) is 7.11 Å². The van der Waals surface area contributed by atoms with Gasteiger partial charge in [0.25, 0.3) is 0 Å². The van der Waals surface area contributed by atoms with Crippen molar-refractivity contribution in [3.63, 3.8) is 0 Å². The van der Waals surface area contributed by atoms with E-state index >= 15 is 0 Å². The van der Waals surface area contributed by atoms with Crippen LogP contribution in [0.4, 0.5) is 4.39 Å². The summed E-state index contributed by atoms with van der Waals surface area (Å²) >= 11 is 0. The number of hydrogen-bond donors (Lipinski definition) is 1. The minimum absolute atomic E-state index is 0.0886. The molecule has 4 rings (SSSR count). The van der Waals surface area contributed by atoms with Crippen LogP contribution in [0.5, 0.6) is 0 Å². The topological polar surface area (TPSA) is 55.8 Å². The standard InChI is InChI=1S/C32H53FO4Si/c1-10-11-12-21-19-22-20-32(36-7,37-38(8,9)29(2,3)4)18-17-30(22,5)24-15-16-31(6)23(26(21)24)13-14-25(31)27(33)28(34)35/h19,21,23-24,26H,10-18,20H2,1-9H3,(H,34,35)/b27-25-/t21-,23+,24+,26+,30+,31+,32?/m1/s1. The maximum absolute atomic E-state index is 14.9. The zero-order valence-corrected chi connectivity index (χ0v) is 26.5. The summed E-state index contributed by atoms with van der Waals surface area (Å²) in [4.78, 5) is 11.6. The minimum Gasteiger partial charge on any atom is -0.476 e. The van der Waals surface area contributed by atoms with Crippen molar-refractivity contribution < 1.29 is 23.5 Å². The second-order valence-corrected chi connectivity index (χ2v) is 19.7. The molecule has 3 saturated carbocycles. The number of halogens is 1. The molecule has 38 heavy (non-hydrogen) atoms. The van der Waals surface area contributed by atoms with E-state index in [2.05, 4.69) is 60.7 Å². The Hall–Kier alpha value is -0.983. The van der Waals surface area contributed by atoms with E-state index in [0.29, 0.717) is 35.7 Å². The van der Waals surface area contributed by atoms with Gasteiger partial charge in [0.15, 0.2) is 14.1 Å². The molecule has 1 N–H and O–H groups in total. The molecule has 0 aliphatic heterocycles. The number of fused-ring (bicyclic) bond motifs is 5. The first kappa shape index (κ1) is 30.0. The fourth-order valence-corrected chi connectivity index (χ4v) is 10.2. The molecule has 0 aromatic heterocycles. The van der Waals surface area contributed by atoms with Crippen molar-refractivity contribution in [1.82, 2.24) is 0 Å². The van der Waals surface area contributed by atoms with E-state index in [9.17, 15) is 14.3 Å². The van der Waals surface area contributed by atoms with Crippen molar-refractivity contribution in [3.8, 4) is 0 Å². The zero-order chi connectivity index (χ0) is 28.3. The summed E-state index contributed by atoms with van der Waals surface area (Å²) in [6.45, 7) is 18.4. The monoisotopic (exact) mass is 548 g/mol. The van der Waals surface area contributed by atoms with Gasteiger partial charge in [-0.15, -0.1) is 0 Å². The number of ether oxygens (including phenoxy) is 1. The Balaban J connectivity index is 1.73. The molecule has 4 nitrogen and oxygen atoms in total. The van der Waals surface area contributed by atoms with Gasteiger partial charge >= 0.3 is 5.97 Å². The van der Waals surface area contributed by atoms with Crippen LogP contribution in [0.3, 0.4) is 0 Å². The van der Waals surface area contributed by atoms with Crippen molar-refractivity contribution >= 4 is 14.3 Å². The van der Waals surface area contributed by atoms with Crippen molar-refractivity contribution in [3.05, 3.63) is 23.0 Å². The number of aliphatic carboxylic acids is 1. The van der Waals surface area contributed by atoms with E-state index in [0.717, 1.165) is 51.4 Å². The second-order valence-electron chi connectivity index (χ2n) is 15.0. The average molecular weight is 549 g/mol. The first-order valence-corrected chi connectivity index (χ1v) is 18.0. The molecule has 1 unspecified atom stereocenters. The predicted molar refractivity (Wildman–Crippen MR) is 154 cm³/mol. The lowest BCUT2D eigenvalue weighted by Crippen LogP contribution is -2.57. The smallest absolute Gasteiger partial charge is 0.364 e. The highest BCUT2D eigenvalue weighted by Gasteiger charge is 2.62. The molecular formula is C32H53FO4Si. The molecule has 0 aromatic rings. The van der Waals surface area contributed by atoms with Gasteiger partial charge in [-0.05, 0) is 96.7 Å². The number of allylic oxidation sites excluding steroid dienone is 2. The number of unbranched alkanes of at least 4 members (excludes halogenated alkanes) is 1. The lowest BCUT2D eigenvalue weighted by Gasteiger charge is -2.61. The molecule has 0 bridgehead atoms. The molecule has 0 heterocycles. The van der Waals surface area contributed by atoms with Gasteiger partial charge in [-0.2, -0.15) is 4.39 Å². The number of carboxylic acids is 1. The van der Waals surface area contributed by atoms with Gasteiger partial charge in [0.2, 0.25) is 5.83 Å². The van der Waals surface area contributed by atoms with Gasteiger partial charge in [0.1, 0.15) is 0 Å². The highest BCUT2D eigenvalue weighted by atomic mass is 28.4. The van der Waals surface area contributed by atoms with E-state index in [1.54, 1.807) is 0 Å². The third-order valence-electron chi connectivity index (χ3n) is 12.0. The third kappa shape index (κ3) is 4.79. The lowest BCUT2D eigenvalue weighted by atomic mass is 9.45. The van der Waals surface area contributed by atoms with Crippen molar-refractivity contribution in [2.45, 2.75) is 130 Å². The Labute approximate surface area is 232 Å². The number of methoxy groups -OCH3 is 1. The summed E-state index contributed by atoms with van der Waals surface area (Å²) < 4.78 is 28.2. The lowest BCUT2D eigenvalue weighted by molar-refractivity contribution is -0.199. The van der Waals surface area contributed by atoms with Crippen LogP contribution >= 0.6 is 0 Å². The van der Waals surface area contributed by atoms with Gasteiger partial charge in [-0.25, -0.2) is 4.79 Å². The first-order valence-electron chi connectivity index (χ1n) is 15.1. The Morgan fingerprint density at radius 3 is 2.37 bits per heavy atom. The van der Waals surface area contributed by atoms with Crippen LogP contribution in [0.1, 0.15) is 106 Å². The summed E-state index contributed by atoms with van der Waals surface area (Å²) in [5, 5.41) is 9.60. The van der Waals surface area contributed by atoms with Crippen LogP contribution in [-0.2, 0) is 14.0 Å². The highest BCUT2D eigenvalue weighted by Crippen LogP contribution is 2.69. The Morgan fingerprint density at radius 2 is 1.79 bits per heavy atom. The summed E-state index contributed by atoms with van der Waals surface area (Å²) in [5.74, 6) is -1.04. The Bertz CT molecular complexity index is 996. The van der Waals surface area contributed by atoms with Gasteiger partial charge < -0.3 is 14.3 Å². The van der Waals surface area contributed by atoms with E-state index in [1.807, 2.05) is 7.11 Å². The van der Waals surface area contributed by atoms with E-state index in [1.165, 1.54) is 12.0 Å². The van der Waals surface area contributed by atoms with Crippen molar-refractivity contribution in [2.24, 2.45) is 34.5 Å². The fraction of sp³-hybridized carbons (Fsp3) is 0.844. The number of hydrogen-bond acceptors (Lipinski definition) is 3. The number of carbonyl (C=O) groups is 1. The van der Waals surface area contributed by atoms with Crippen LogP contribution in [-0.4, -0.2) is 32.3 Å². The minimum atomic E-state index is -2.04. The van der Waals surface area contributed by atoms with Crippen LogP contribution in [0.15, 0.2) is 23.0 Å². The van der Waals surface area contributed by atoms with E-state index in [-0.39, 0.29) is 15.9 Å². The summed E-state index contributed by atoms with van der Waals surface area (Å²) in [5.41, 5.74) is 1.84. The molecule has 3 fully saturated rings. The van der Waals surface area contributed by atoms with Gasteiger partial charge in [-0.1, -0.05) is 66.0 Å². The van der Waals surface area contributed by atoms with Crippen LogP contribution in [0, 0.1) is 34.5 Å². The molecule has 7 atom stereocenters.